The second-order valence-electron chi connectivity index (χ2n) is 8.42. The quantitative estimate of drug-likeness (QED) is 0.527. The van der Waals surface area contributed by atoms with E-state index in [9.17, 15) is 13.5 Å². The Morgan fingerprint density at radius 3 is 2.58 bits per heavy atom. The highest BCUT2D eigenvalue weighted by Crippen LogP contribution is 2.40. The summed E-state index contributed by atoms with van der Waals surface area (Å²) in [5, 5.41) is 19.5. The summed E-state index contributed by atoms with van der Waals surface area (Å²) in [4.78, 5) is 0. The van der Waals surface area contributed by atoms with Gasteiger partial charge in [0.05, 0.1) is 30.6 Å². The average molecular weight is 445 g/mol. The fraction of sp³-hybridized carbons (Fsp3) is 0.524. The Bertz CT molecular complexity index is 1100. The zero-order valence-electron chi connectivity index (χ0n) is 17.5. The number of hydrogen-bond donors (Lipinski definition) is 1. The summed E-state index contributed by atoms with van der Waals surface area (Å²) in [5.41, 5.74) is 5.82. The van der Waals surface area contributed by atoms with Crippen molar-refractivity contribution in [2.75, 3.05) is 22.8 Å². The van der Waals surface area contributed by atoms with E-state index < -0.39 is 16.2 Å². The van der Waals surface area contributed by atoms with Crippen LogP contribution in [0.5, 0.6) is 0 Å². The minimum atomic E-state index is -4.28. The molecule has 3 aliphatic rings. The van der Waals surface area contributed by atoms with Gasteiger partial charge in [-0.3, -0.25) is 4.68 Å². The highest BCUT2D eigenvalue weighted by atomic mass is 32.2. The number of nitrogens with one attached hydrogen (secondary N) is 1. The summed E-state index contributed by atoms with van der Waals surface area (Å²) in [5.74, 6) is 0. The number of hydrogen-bond acceptors (Lipinski definition) is 5. The van der Waals surface area contributed by atoms with Crippen molar-refractivity contribution in [1.29, 1.82) is 0 Å². The minimum Gasteiger partial charge on any atom is -0.845 e. The summed E-state index contributed by atoms with van der Waals surface area (Å²) in [6.07, 6.45) is 9.30. The van der Waals surface area contributed by atoms with Gasteiger partial charge in [0, 0.05) is 25.5 Å². The maximum Gasteiger partial charge on any atom is 0.345 e. The van der Waals surface area contributed by atoms with E-state index in [1.54, 1.807) is 13.2 Å². The van der Waals surface area contributed by atoms with Gasteiger partial charge in [-0.1, -0.05) is 6.07 Å². The zero-order chi connectivity index (χ0) is 21.6. The first-order valence-corrected chi connectivity index (χ1v) is 12.1. The van der Waals surface area contributed by atoms with E-state index in [1.165, 1.54) is 22.0 Å². The number of anilines is 2. The molecule has 1 N–H and O–H groups in total. The van der Waals surface area contributed by atoms with Crippen LogP contribution in [0.15, 0.2) is 22.9 Å². The second kappa shape index (κ2) is 7.83. The number of fused-ring (bicyclic) bond motifs is 2. The lowest BCUT2D eigenvalue weighted by Gasteiger charge is -2.33. The number of ether oxygens (including phenoxy) is 1. The number of nitrogens with zero attached hydrogens (tertiary/aromatic N) is 4. The van der Waals surface area contributed by atoms with Crippen LogP contribution in [-0.4, -0.2) is 43.5 Å². The van der Waals surface area contributed by atoms with Crippen molar-refractivity contribution >= 4 is 27.6 Å². The third kappa shape index (κ3) is 3.89. The molecule has 9 nitrogen and oxygen atoms in total. The number of aryl methyl sites for hydroxylation is 3. The van der Waals surface area contributed by atoms with E-state index in [0.29, 0.717) is 12.3 Å². The Labute approximate surface area is 181 Å². The maximum atomic E-state index is 13.2. The lowest BCUT2D eigenvalue weighted by atomic mass is 9.76. The van der Waals surface area contributed by atoms with Crippen LogP contribution in [0, 0.1) is 0 Å². The van der Waals surface area contributed by atoms with E-state index in [0.717, 1.165) is 66.1 Å². The zero-order valence-corrected chi connectivity index (χ0v) is 18.3. The Balaban J connectivity index is 1.42. The molecule has 2 heterocycles. The van der Waals surface area contributed by atoms with Gasteiger partial charge in [-0.25, -0.2) is 4.31 Å². The summed E-state index contributed by atoms with van der Waals surface area (Å²) in [6.45, 7) is 0.703. The number of amidine groups is 1. The van der Waals surface area contributed by atoms with E-state index in [4.69, 9.17) is 4.74 Å². The standard InChI is InChI=1S/C21H27N5O4S/c1-25-12-16(11-22-25)26(13-17-4-2-3-9-30-17)31(28,29)24-21(27)23-20-18-7-5-14(18)10-15-6-8-19(15)20/h10-12,17H,2-9,13H2,1H3,(H2,23,24,27)/p-1/t17-/m0/s1. The molecule has 0 bridgehead atoms. The molecular weight excluding hydrogens is 418 g/mol. The van der Waals surface area contributed by atoms with Gasteiger partial charge < -0.3 is 15.2 Å². The predicted molar refractivity (Wildman–Crippen MR) is 115 cm³/mol. The first kappa shape index (κ1) is 20.3. The summed E-state index contributed by atoms with van der Waals surface area (Å²) >= 11 is 0. The molecule has 1 aromatic heterocycles. The Hall–Kier alpha value is -2.59. The number of aromatic nitrogens is 2. The SMILES string of the molecule is Cn1cc(N(C[C@@H]2CCCCO2)S(=O)(=O)/N=C(\[O-])Nc2c3c(cc4c2CC4)CC3)cn1. The third-order valence-electron chi connectivity index (χ3n) is 6.35. The monoisotopic (exact) mass is 444 g/mol. The normalized spacial score (nSPS) is 20.3. The average Bonchev–Trinajstić information content (AvgIpc) is 3.09. The molecule has 1 atom stereocenters. The van der Waals surface area contributed by atoms with Crippen LogP contribution in [0.1, 0.15) is 41.5 Å². The highest BCUT2D eigenvalue weighted by Gasteiger charge is 2.29. The topological polar surface area (TPSA) is 112 Å². The molecule has 1 fully saturated rings. The second-order valence-corrected chi connectivity index (χ2v) is 9.94. The van der Waals surface area contributed by atoms with Gasteiger partial charge in [0.25, 0.3) is 0 Å². The van der Waals surface area contributed by atoms with Crippen molar-refractivity contribution in [3.05, 3.63) is 40.7 Å². The van der Waals surface area contributed by atoms with Gasteiger partial charge in [-0.15, -0.1) is 4.40 Å². The van der Waals surface area contributed by atoms with Gasteiger partial charge >= 0.3 is 10.2 Å². The van der Waals surface area contributed by atoms with Crippen molar-refractivity contribution in [2.24, 2.45) is 11.4 Å². The smallest absolute Gasteiger partial charge is 0.345 e. The van der Waals surface area contributed by atoms with Crippen molar-refractivity contribution in [3.63, 3.8) is 0 Å². The van der Waals surface area contributed by atoms with Crippen LogP contribution in [-0.2, 0) is 47.7 Å². The number of benzene rings is 1. The van der Waals surface area contributed by atoms with E-state index >= 15 is 0 Å². The lowest BCUT2D eigenvalue weighted by Crippen LogP contribution is -2.41. The Morgan fingerprint density at radius 1 is 1.29 bits per heavy atom. The molecule has 10 heteroatoms. The molecule has 0 amide bonds. The molecule has 2 aliphatic carbocycles. The van der Waals surface area contributed by atoms with Crippen molar-refractivity contribution < 1.29 is 18.3 Å². The fourth-order valence-corrected chi connectivity index (χ4v) is 5.58. The van der Waals surface area contributed by atoms with E-state index in [1.807, 2.05) is 0 Å². The van der Waals surface area contributed by atoms with Crippen molar-refractivity contribution in [3.8, 4) is 0 Å². The van der Waals surface area contributed by atoms with Gasteiger partial charge in [0.15, 0.2) is 0 Å². The molecule has 2 aromatic rings. The Kier molecular flexibility index (Phi) is 5.13. The van der Waals surface area contributed by atoms with Crippen LogP contribution >= 0.6 is 0 Å². The van der Waals surface area contributed by atoms with Crippen LogP contribution in [0.2, 0.25) is 0 Å². The maximum absolute atomic E-state index is 13.2. The fourth-order valence-electron chi connectivity index (χ4n) is 4.51. The first-order chi connectivity index (χ1) is 14.9. The molecule has 0 radical (unpaired) electrons. The predicted octanol–water partition coefficient (Wildman–Crippen LogP) is 1.07. The van der Waals surface area contributed by atoms with Gasteiger partial charge in [0.2, 0.25) is 0 Å². The van der Waals surface area contributed by atoms with Crippen molar-refractivity contribution in [1.82, 2.24) is 9.78 Å². The summed E-state index contributed by atoms with van der Waals surface area (Å²) in [7, 11) is -2.57. The molecule has 0 unspecified atom stereocenters. The van der Waals surface area contributed by atoms with Crippen LogP contribution < -0.4 is 14.7 Å². The molecule has 5 rings (SSSR count). The highest BCUT2D eigenvalue weighted by molar-refractivity contribution is 7.91. The Morgan fingerprint density at radius 2 is 2.03 bits per heavy atom. The van der Waals surface area contributed by atoms with Crippen LogP contribution in [0.3, 0.4) is 0 Å². The molecule has 0 saturated carbocycles. The summed E-state index contributed by atoms with van der Waals surface area (Å²) < 4.78 is 38.3. The molecule has 31 heavy (non-hydrogen) atoms. The van der Waals surface area contributed by atoms with Gasteiger partial charge in [-0.2, -0.15) is 13.5 Å². The van der Waals surface area contributed by atoms with E-state index in [2.05, 4.69) is 20.9 Å². The minimum absolute atomic E-state index is 0.0982. The summed E-state index contributed by atoms with van der Waals surface area (Å²) in [6, 6.07) is 1.34. The van der Waals surface area contributed by atoms with E-state index in [-0.39, 0.29) is 12.6 Å². The third-order valence-corrected chi connectivity index (χ3v) is 7.66. The first-order valence-electron chi connectivity index (χ1n) is 10.7. The molecule has 1 aliphatic heterocycles. The number of rotatable bonds is 6. The van der Waals surface area contributed by atoms with Crippen molar-refractivity contribution in [2.45, 2.75) is 51.0 Å². The van der Waals surface area contributed by atoms with Crippen LogP contribution in [0.4, 0.5) is 11.4 Å². The largest absolute Gasteiger partial charge is 0.845 e. The molecular formula is C21H26N5O4S-. The van der Waals surface area contributed by atoms with Gasteiger partial charge in [0.1, 0.15) is 0 Å². The molecule has 1 saturated heterocycles. The van der Waals surface area contributed by atoms with Crippen LogP contribution in [0.25, 0.3) is 0 Å². The van der Waals surface area contributed by atoms with Gasteiger partial charge in [-0.05, 0) is 67.2 Å². The molecule has 0 spiro atoms. The molecule has 166 valence electrons. The lowest BCUT2D eigenvalue weighted by molar-refractivity contribution is -0.213. The molecule has 1 aromatic carbocycles.